The topological polar surface area (TPSA) is 220 Å². The van der Waals surface area contributed by atoms with Gasteiger partial charge >= 0.3 is 5.97 Å². The normalized spacial score (nSPS) is 15.2. The summed E-state index contributed by atoms with van der Waals surface area (Å²) in [5, 5.41) is 35.8. The Morgan fingerprint density at radius 3 is 2.14 bits per heavy atom. The summed E-state index contributed by atoms with van der Waals surface area (Å²) >= 11 is 0. The quantitative estimate of drug-likeness (QED) is 0.167. The SMILES string of the molecule is CC(NC(=O)C(N)C(C)O)C(=O)NC(Cc1ccc(O)cc1)C(=O)NC(Cc1cnc[nH]1)C(=O)O. The van der Waals surface area contributed by atoms with E-state index in [1.165, 1.54) is 38.5 Å². The number of nitrogens with zero attached hydrogens (tertiary/aromatic N) is 1. The lowest BCUT2D eigenvalue weighted by Gasteiger charge is -2.24. The van der Waals surface area contributed by atoms with Crippen LogP contribution in [0.2, 0.25) is 0 Å². The van der Waals surface area contributed by atoms with Gasteiger partial charge in [0.05, 0.1) is 12.4 Å². The number of imidazole rings is 1. The molecule has 1 heterocycles. The molecular weight excluding hydrogens is 460 g/mol. The molecule has 1 aromatic heterocycles. The van der Waals surface area contributed by atoms with Gasteiger partial charge < -0.3 is 42.0 Å². The first-order chi connectivity index (χ1) is 16.5. The van der Waals surface area contributed by atoms with Crippen molar-refractivity contribution < 1.29 is 34.5 Å². The van der Waals surface area contributed by atoms with Crippen LogP contribution >= 0.6 is 0 Å². The van der Waals surface area contributed by atoms with E-state index in [0.717, 1.165) is 0 Å². The number of benzene rings is 1. The minimum atomic E-state index is -1.30. The zero-order chi connectivity index (χ0) is 26.1. The Morgan fingerprint density at radius 2 is 1.60 bits per heavy atom. The number of carboxylic acid groups (broad SMARTS) is 1. The molecule has 190 valence electrons. The Kier molecular flexibility index (Phi) is 9.73. The van der Waals surface area contributed by atoms with Crippen molar-refractivity contribution in [3.63, 3.8) is 0 Å². The zero-order valence-corrected chi connectivity index (χ0v) is 19.3. The molecule has 3 amide bonds. The van der Waals surface area contributed by atoms with Crippen LogP contribution in [0.1, 0.15) is 25.1 Å². The van der Waals surface area contributed by atoms with Crippen molar-refractivity contribution in [3.05, 3.63) is 48.0 Å². The molecule has 2 aromatic rings. The van der Waals surface area contributed by atoms with Gasteiger partial charge in [-0.25, -0.2) is 9.78 Å². The number of phenols is 1. The van der Waals surface area contributed by atoms with Crippen molar-refractivity contribution in [1.82, 2.24) is 25.9 Å². The first-order valence-corrected chi connectivity index (χ1v) is 10.8. The van der Waals surface area contributed by atoms with Crippen molar-refractivity contribution in [2.45, 2.75) is 57.0 Å². The maximum absolute atomic E-state index is 13.0. The van der Waals surface area contributed by atoms with E-state index in [9.17, 15) is 34.5 Å². The summed E-state index contributed by atoms with van der Waals surface area (Å²) in [6.07, 6.45) is 1.58. The van der Waals surface area contributed by atoms with Gasteiger partial charge in [0.15, 0.2) is 0 Å². The van der Waals surface area contributed by atoms with Gasteiger partial charge in [0.1, 0.15) is 29.9 Å². The first-order valence-electron chi connectivity index (χ1n) is 10.8. The number of nitrogens with one attached hydrogen (secondary N) is 4. The number of hydrogen-bond donors (Lipinski definition) is 8. The molecule has 0 aliphatic rings. The largest absolute Gasteiger partial charge is 0.508 e. The fourth-order valence-electron chi connectivity index (χ4n) is 3.06. The molecule has 0 saturated carbocycles. The average Bonchev–Trinajstić information content (AvgIpc) is 3.31. The summed E-state index contributed by atoms with van der Waals surface area (Å²) in [6, 6.07) is 1.05. The highest BCUT2D eigenvalue weighted by Crippen LogP contribution is 2.12. The Morgan fingerprint density at radius 1 is 0.971 bits per heavy atom. The van der Waals surface area contributed by atoms with Gasteiger partial charge in [0, 0.05) is 24.7 Å². The second kappa shape index (κ2) is 12.5. The van der Waals surface area contributed by atoms with Crippen LogP contribution < -0.4 is 21.7 Å². The second-order valence-corrected chi connectivity index (χ2v) is 8.11. The number of carbonyl (C=O) groups is 4. The van der Waals surface area contributed by atoms with E-state index in [0.29, 0.717) is 11.3 Å². The highest BCUT2D eigenvalue weighted by molar-refractivity contribution is 5.94. The molecule has 0 fully saturated rings. The molecule has 5 unspecified atom stereocenters. The van der Waals surface area contributed by atoms with Gasteiger partial charge in [-0.1, -0.05) is 12.1 Å². The standard InChI is InChI=1S/C22H30N6O7/c1-11(26-21(33)18(23)12(2)29)19(31)27-16(7-13-3-5-15(30)6-4-13)20(32)28-17(22(34)35)8-14-9-24-10-25-14/h3-6,9-12,16-18,29-30H,7-8,23H2,1-2H3,(H,24,25)(H,26,33)(H,27,31)(H,28,32)(H,34,35). The molecule has 0 spiro atoms. The molecule has 1 aromatic carbocycles. The van der Waals surface area contributed by atoms with Gasteiger partial charge in [0.2, 0.25) is 17.7 Å². The molecule has 13 nitrogen and oxygen atoms in total. The molecule has 0 aliphatic carbocycles. The molecule has 0 bridgehead atoms. The fraction of sp³-hybridized carbons (Fsp3) is 0.409. The van der Waals surface area contributed by atoms with Gasteiger partial charge in [-0.15, -0.1) is 0 Å². The van der Waals surface area contributed by atoms with E-state index in [-0.39, 0.29) is 18.6 Å². The monoisotopic (exact) mass is 490 g/mol. The number of nitrogens with two attached hydrogens (primary N) is 1. The number of aromatic nitrogens is 2. The fourth-order valence-corrected chi connectivity index (χ4v) is 3.06. The van der Waals surface area contributed by atoms with E-state index in [1.807, 2.05) is 0 Å². The number of H-pyrrole nitrogens is 1. The lowest BCUT2D eigenvalue weighted by atomic mass is 10.0. The number of aliphatic carboxylic acids is 1. The third-order valence-electron chi connectivity index (χ3n) is 5.18. The molecule has 2 rings (SSSR count). The number of aromatic hydroxyl groups is 1. The maximum Gasteiger partial charge on any atom is 0.326 e. The van der Waals surface area contributed by atoms with Crippen molar-refractivity contribution in [2.24, 2.45) is 5.73 Å². The number of carbonyl (C=O) groups excluding carboxylic acids is 3. The van der Waals surface area contributed by atoms with E-state index in [4.69, 9.17) is 5.73 Å². The number of hydrogen-bond acceptors (Lipinski definition) is 8. The van der Waals surface area contributed by atoms with Gasteiger partial charge in [-0.2, -0.15) is 0 Å². The van der Waals surface area contributed by atoms with Gasteiger partial charge in [-0.3, -0.25) is 14.4 Å². The number of aliphatic hydroxyl groups excluding tert-OH is 1. The number of aliphatic hydroxyl groups is 1. The molecule has 5 atom stereocenters. The predicted molar refractivity (Wildman–Crippen MR) is 123 cm³/mol. The van der Waals surface area contributed by atoms with Gasteiger partial charge in [0.25, 0.3) is 0 Å². The summed E-state index contributed by atoms with van der Waals surface area (Å²) in [7, 11) is 0. The van der Waals surface area contributed by atoms with Crippen molar-refractivity contribution in [1.29, 1.82) is 0 Å². The van der Waals surface area contributed by atoms with Crippen LogP contribution in [0.5, 0.6) is 5.75 Å². The molecule has 0 radical (unpaired) electrons. The Bertz CT molecular complexity index is 1010. The average molecular weight is 491 g/mol. The molecule has 35 heavy (non-hydrogen) atoms. The van der Waals surface area contributed by atoms with Crippen LogP contribution in [-0.2, 0) is 32.0 Å². The van der Waals surface area contributed by atoms with E-state index < -0.39 is 54.0 Å². The van der Waals surface area contributed by atoms with Crippen LogP contribution in [0.3, 0.4) is 0 Å². The molecule has 9 N–H and O–H groups in total. The molecule has 13 heteroatoms. The zero-order valence-electron chi connectivity index (χ0n) is 19.3. The Labute approximate surface area is 201 Å². The number of carboxylic acids is 1. The third-order valence-corrected chi connectivity index (χ3v) is 5.18. The van der Waals surface area contributed by atoms with E-state index in [2.05, 4.69) is 25.9 Å². The van der Waals surface area contributed by atoms with Crippen LogP contribution in [0, 0.1) is 0 Å². The molecule has 0 saturated heterocycles. The second-order valence-electron chi connectivity index (χ2n) is 8.11. The highest BCUT2D eigenvalue weighted by atomic mass is 16.4. The summed E-state index contributed by atoms with van der Waals surface area (Å²) in [4.78, 5) is 56.1. The lowest BCUT2D eigenvalue weighted by Crippen LogP contribution is -2.58. The highest BCUT2D eigenvalue weighted by Gasteiger charge is 2.30. The Balaban J connectivity index is 2.16. The minimum absolute atomic E-state index is 0.00932. The van der Waals surface area contributed by atoms with Crippen LogP contribution in [0.4, 0.5) is 0 Å². The first kappa shape index (κ1) is 27.3. The summed E-state index contributed by atoms with van der Waals surface area (Å²) in [5.74, 6) is -3.52. The number of aromatic amines is 1. The van der Waals surface area contributed by atoms with Gasteiger partial charge in [-0.05, 0) is 31.5 Å². The van der Waals surface area contributed by atoms with Crippen LogP contribution in [0.15, 0.2) is 36.8 Å². The number of amides is 3. The van der Waals surface area contributed by atoms with Crippen molar-refractivity contribution in [3.8, 4) is 5.75 Å². The molecule has 0 aliphatic heterocycles. The van der Waals surface area contributed by atoms with E-state index >= 15 is 0 Å². The predicted octanol–water partition coefficient (Wildman–Crippen LogP) is -1.83. The van der Waals surface area contributed by atoms with Crippen LogP contribution in [-0.4, -0.2) is 79.2 Å². The van der Waals surface area contributed by atoms with Crippen molar-refractivity contribution >= 4 is 23.7 Å². The van der Waals surface area contributed by atoms with Crippen molar-refractivity contribution in [2.75, 3.05) is 0 Å². The summed E-state index contributed by atoms with van der Waals surface area (Å²) < 4.78 is 0. The summed E-state index contributed by atoms with van der Waals surface area (Å²) in [6.45, 7) is 2.70. The summed E-state index contributed by atoms with van der Waals surface area (Å²) in [5.41, 5.74) is 6.64. The number of rotatable bonds is 12. The maximum atomic E-state index is 13.0. The lowest BCUT2D eigenvalue weighted by molar-refractivity contribution is -0.142. The molecular formula is C22H30N6O7. The minimum Gasteiger partial charge on any atom is -0.508 e. The number of phenolic OH excluding ortho intramolecular Hbond substituents is 1. The third kappa shape index (κ3) is 8.39. The Hall–Kier alpha value is -3.97. The van der Waals surface area contributed by atoms with E-state index in [1.54, 1.807) is 12.1 Å². The van der Waals surface area contributed by atoms with Crippen LogP contribution in [0.25, 0.3) is 0 Å². The smallest absolute Gasteiger partial charge is 0.326 e.